The molecule has 0 N–H and O–H groups in total. The fourth-order valence-corrected chi connectivity index (χ4v) is 1.75. The molecule has 0 aromatic carbocycles. The van der Waals surface area contributed by atoms with Gasteiger partial charge in [-0.25, -0.2) is 0 Å². The number of carbonyl (C=O) groups is 2. The van der Waals surface area contributed by atoms with Gasteiger partial charge < -0.3 is 4.74 Å². The van der Waals surface area contributed by atoms with E-state index in [1.807, 2.05) is 0 Å². The summed E-state index contributed by atoms with van der Waals surface area (Å²) >= 11 is 0. The van der Waals surface area contributed by atoms with Crippen molar-refractivity contribution < 1.29 is 14.3 Å². The zero-order valence-corrected chi connectivity index (χ0v) is 7.37. The maximum absolute atomic E-state index is 11.4. The van der Waals surface area contributed by atoms with Crippen LogP contribution in [0.15, 0.2) is 23.3 Å². The van der Waals surface area contributed by atoms with E-state index in [-0.39, 0.29) is 17.7 Å². The predicted octanol–water partition coefficient (Wildman–Crippen LogP) is 0.800. The molecule has 0 spiro atoms. The highest BCUT2D eigenvalue weighted by Gasteiger charge is 2.29. The molecule has 0 aromatic rings. The van der Waals surface area contributed by atoms with Crippen LogP contribution in [0.25, 0.3) is 0 Å². The molecule has 0 bridgehead atoms. The van der Waals surface area contributed by atoms with Crippen LogP contribution in [0.2, 0.25) is 0 Å². The maximum atomic E-state index is 11.4. The first-order valence-electron chi connectivity index (χ1n) is 4.31. The van der Waals surface area contributed by atoms with Crippen LogP contribution in [0.5, 0.6) is 0 Å². The Balaban J connectivity index is 2.48. The zero-order chi connectivity index (χ0) is 9.42. The molecule has 1 unspecified atom stereocenters. The number of allylic oxidation sites excluding steroid dienone is 2. The standard InChI is InChI=1S/C10H10O3/c1-6-10-7(4-5-13-6)8(11)2-3-9(10)12/h2-3,6H,4-5H2,1H3. The van der Waals surface area contributed by atoms with Gasteiger partial charge in [-0.1, -0.05) is 0 Å². The topological polar surface area (TPSA) is 43.4 Å². The number of hydrogen-bond donors (Lipinski definition) is 0. The third kappa shape index (κ3) is 1.25. The highest BCUT2D eigenvalue weighted by Crippen LogP contribution is 2.26. The summed E-state index contributed by atoms with van der Waals surface area (Å²) in [7, 11) is 0. The third-order valence-corrected chi connectivity index (χ3v) is 2.40. The van der Waals surface area contributed by atoms with Gasteiger partial charge in [-0.15, -0.1) is 0 Å². The molecule has 2 rings (SSSR count). The minimum atomic E-state index is -0.231. The van der Waals surface area contributed by atoms with Gasteiger partial charge in [0.2, 0.25) is 0 Å². The summed E-state index contributed by atoms with van der Waals surface area (Å²) in [5.74, 6) is -0.119. The lowest BCUT2D eigenvalue weighted by molar-refractivity contribution is -0.117. The molecule has 0 aromatic heterocycles. The SMILES string of the molecule is CC1OCCC2=C1C(=O)C=CC2=O. The Hall–Kier alpha value is -1.22. The van der Waals surface area contributed by atoms with Crippen molar-refractivity contribution in [3.8, 4) is 0 Å². The van der Waals surface area contributed by atoms with Crippen molar-refractivity contribution in [2.45, 2.75) is 19.4 Å². The van der Waals surface area contributed by atoms with Crippen LogP contribution in [0.4, 0.5) is 0 Å². The second-order valence-corrected chi connectivity index (χ2v) is 3.22. The lowest BCUT2D eigenvalue weighted by Crippen LogP contribution is -2.29. The molecule has 0 amide bonds. The highest BCUT2D eigenvalue weighted by molar-refractivity contribution is 6.20. The first-order valence-corrected chi connectivity index (χ1v) is 4.31. The summed E-state index contributed by atoms with van der Waals surface area (Å²) in [4.78, 5) is 22.8. The second kappa shape index (κ2) is 2.92. The van der Waals surface area contributed by atoms with Crippen molar-refractivity contribution in [3.05, 3.63) is 23.3 Å². The summed E-state index contributed by atoms with van der Waals surface area (Å²) in [5.41, 5.74) is 1.20. The molecule has 0 fully saturated rings. The molecule has 1 aliphatic carbocycles. The van der Waals surface area contributed by atoms with E-state index in [9.17, 15) is 9.59 Å². The number of ether oxygens (including phenoxy) is 1. The molecule has 1 heterocycles. The minimum Gasteiger partial charge on any atom is -0.373 e. The Kier molecular flexibility index (Phi) is 1.88. The first-order chi connectivity index (χ1) is 6.20. The van der Waals surface area contributed by atoms with Crippen molar-refractivity contribution in [1.82, 2.24) is 0 Å². The summed E-state index contributed by atoms with van der Waals surface area (Å²) in [5, 5.41) is 0. The van der Waals surface area contributed by atoms with E-state index in [1.165, 1.54) is 12.2 Å². The van der Waals surface area contributed by atoms with Crippen LogP contribution in [0.3, 0.4) is 0 Å². The average molecular weight is 178 g/mol. The van der Waals surface area contributed by atoms with Crippen LogP contribution >= 0.6 is 0 Å². The summed E-state index contributed by atoms with van der Waals surface area (Å²) in [6.07, 6.45) is 3.00. The van der Waals surface area contributed by atoms with Crippen molar-refractivity contribution in [2.24, 2.45) is 0 Å². The lowest BCUT2D eigenvalue weighted by Gasteiger charge is -2.25. The van der Waals surface area contributed by atoms with Crippen molar-refractivity contribution in [2.75, 3.05) is 6.61 Å². The normalized spacial score (nSPS) is 27.9. The third-order valence-electron chi connectivity index (χ3n) is 2.40. The van der Waals surface area contributed by atoms with E-state index in [0.717, 1.165) is 0 Å². The van der Waals surface area contributed by atoms with Crippen LogP contribution in [-0.2, 0) is 14.3 Å². The van der Waals surface area contributed by atoms with Gasteiger partial charge in [0.05, 0.1) is 12.7 Å². The number of rotatable bonds is 0. The molecule has 3 heteroatoms. The van der Waals surface area contributed by atoms with E-state index in [0.29, 0.717) is 24.2 Å². The number of hydrogen-bond acceptors (Lipinski definition) is 3. The predicted molar refractivity (Wildman–Crippen MR) is 46.2 cm³/mol. The molecule has 2 aliphatic rings. The fraction of sp³-hybridized carbons (Fsp3) is 0.400. The molecule has 13 heavy (non-hydrogen) atoms. The van der Waals surface area contributed by atoms with Gasteiger partial charge in [0, 0.05) is 17.6 Å². The largest absolute Gasteiger partial charge is 0.373 e. The van der Waals surface area contributed by atoms with Crippen LogP contribution in [-0.4, -0.2) is 24.3 Å². The highest BCUT2D eigenvalue weighted by atomic mass is 16.5. The van der Waals surface area contributed by atoms with E-state index < -0.39 is 0 Å². The van der Waals surface area contributed by atoms with E-state index >= 15 is 0 Å². The molecule has 0 radical (unpaired) electrons. The van der Waals surface area contributed by atoms with Crippen molar-refractivity contribution >= 4 is 11.6 Å². The van der Waals surface area contributed by atoms with Gasteiger partial charge >= 0.3 is 0 Å². The minimum absolute atomic E-state index is 0.0373. The molecular formula is C10H10O3. The molecule has 1 atom stereocenters. The Morgan fingerprint density at radius 3 is 2.69 bits per heavy atom. The van der Waals surface area contributed by atoms with Crippen LogP contribution in [0.1, 0.15) is 13.3 Å². The average Bonchev–Trinajstić information content (AvgIpc) is 2.12. The smallest absolute Gasteiger partial charge is 0.184 e. The van der Waals surface area contributed by atoms with Gasteiger partial charge in [-0.2, -0.15) is 0 Å². The first kappa shape index (κ1) is 8.38. The maximum Gasteiger partial charge on any atom is 0.184 e. The van der Waals surface area contributed by atoms with E-state index in [2.05, 4.69) is 0 Å². The molecule has 0 saturated carbocycles. The van der Waals surface area contributed by atoms with E-state index in [4.69, 9.17) is 4.74 Å². The van der Waals surface area contributed by atoms with Gasteiger partial charge in [0.1, 0.15) is 0 Å². The number of carbonyl (C=O) groups excluding carboxylic acids is 2. The molecule has 1 aliphatic heterocycles. The summed E-state index contributed by atoms with van der Waals surface area (Å²) < 4.78 is 5.30. The summed E-state index contributed by atoms with van der Waals surface area (Å²) in [6.45, 7) is 2.34. The Morgan fingerprint density at radius 1 is 1.31 bits per heavy atom. The number of ketones is 2. The Morgan fingerprint density at radius 2 is 2.00 bits per heavy atom. The van der Waals surface area contributed by atoms with Crippen LogP contribution < -0.4 is 0 Å². The Labute approximate surface area is 76.1 Å². The van der Waals surface area contributed by atoms with Crippen molar-refractivity contribution in [3.63, 3.8) is 0 Å². The van der Waals surface area contributed by atoms with Crippen LogP contribution in [0, 0.1) is 0 Å². The lowest BCUT2D eigenvalue weighted by atomic mass is 9.88. The second-order valence-electron chi connectivity index (χ2n) is 3.22. The van der Waals surface area contributed by atoms with Crippen molar-refractivity contribution in [1.29, 1.82) is 0 Å². The van der Waals surface area contributed by atoms with Gasteiger partial charge in [0.15, 0.2) is 11.6 Å². The quantitative estimate of drug-likeness (QED) is 0.515. The fourth-order valence-electron chi connectivity index (χ4n) is 1.75. The Bertz CT molecular complexity index is 336. The molecular weight excluding hydrogens is 168 g/mol. The zero-order valence-electron chi connectivity index (χ0n) is 7.37. The van der Waals surface area contributed by atoms with Gasteiger partial charge in [0.25, 0.3) is 0 Å². The summed E-state index contributed by atoms with van der Waals surface area (Å²) in [6, 6.07) is 0. The van der Waals surface area contributed by atoms with E-state index in [1.54, 1.807) is 6.92 Å². The monoisotopic (exact) mass is 178 g/mol. The molecule has 0 saturated heterocycles. The van der Waals surface area contributed by atoms with Gasteiger partial charge in [-0.3, -0.25) is 9.59 Å². The molecule has 68 valence electrons. The van der Waals surface area contributed by atoms with Gasteiger partial charge in [-0.05, 0) is 19.1 Å². The molecule has 3 nitrogen and oxygen atoms in total.